The molecule has 0 aromatic carbocycles. The van der Waals surface area contributed by atoms with Gasteiger partial charge in [-0.25, -0.2) is 4.79 Å². The van der Waals surface area contributed by atoms with E-state index < -0.39 is 5.97 Å². The molecule has 4 aliphatic rings. The highest BCUT2D eigenvalue weighted by Crippen LogP contribution is 2.65. The molecule has 6 unspecified atom stereocenters. The molecular weight excluding hydrogens is 316 g/mol. The fourth-order valence-corrected chi connectivity index (χ4v) is 6.98. The van der Waals surface area contributed by atoms with Crippen molar-refractivity contribution in [3.63, 3.8) is 0 Å². The van der Waals surface area contributed by atoms with Crippen molar-refractivity contribution in [3.05, 3.63) is 11.6 Å². The van der Waals surface area contributed by atoms with E-state index in [9.17, 15) is 9.90 Å². The van der Waals surface area contributed by atoms with Crippen LogP contribution in [0.4, 0.5) is 0 Å². The van der Waals surface area contributed by atoms with Gasteiger partial charge in [0.1, 0.15) is 6.61 Å². The summed E-state index contributed by atoms with van der Waals surface area (Å²) in [4.78, 5) is 10.8. The molecule has 2 N–H and O–H groups in total. The molecule has 0 aliphatic heterocycles. The van der Waals surface area contributed by atoms with Crippen LogP contribution in [0.3, 0.4) is 0 Å². The highest BCUT2D eigenvalue weighted by atomic mass is 16.5. The summed E-state index contributed by atoms with van der Waals surface area (Å²) in [5, 5.41) is 19.4. The molecule has 0 aromatic heterocycles. The predicted molar refractivity (Wildman–Crippen MR) is 95.1 cm³/mol. The zero-order valence-corrected chi connectivity index (χ0v) is 15.5. The number of allylic oxidation sites excluding steroid dienone is 1. The van der Waals surface area contributed by atoms with E-state index in [1.54, 1.807) is 0 Å². The van der Waals surface area contributed by atoms with Gasteiger partial charge in [0.2, 0.25) is 0 Å². The summed E-state index contributed by atoms with van der Waals surface area (Å²) < 4.78 is 5.56. The van der Waals surface area contributed by atoms with E-state index in [1.807, 2.05) is 0 Å². The van der Waals surface area contributed by atoms with Crippen molar-refractivity contribution >= 4 is 5.97 Å². The van der Waals surface area contributed by atoms with Gasteiger partial charge in [-0.15, -0.1) is 0 Å². The molecule has 0 aromatic rings. The highest BCUT2D eigenvalue weighted by molar-refractivity contribution is 5.68. The van der Waals surface area contributed by atoms with E-state index in [-0.39, 0.29) is 29.6 Å². The number of fused-ring (bicyclic) bond motifs is 5. The number of carboxylic acids is 1. The van der Waals surface area contributed by atoms with Crippen LogP contribution in [-0.4, -0.2) is 35.0 Å². The molecule has 7 atom stereocenters. The Bertz CT molecular complexity index is 584. The van der Waals surface area contributed by atoms with Gasteiger partial charge in [0.15, 0.2) is 0 Å². The molecule has 0 bridgehead atoms. The molecule has 0 heterocycles. The summed E-state index contributed by atoms with van der Waals surface area (Å²) in [6.45, 7) is 4.57. The lowest BCUT2D eigenvalue weighted by Gasteiger charge is -2.58. The molecule has 0 saturated heterocycles. The lowest BCUT2D eigenvalue weighted by atomic mass is 9.47. The van der Waals surface area contributed by atoms with Crippen molar-refractivity contribution in [1.82, 2.24) is 0 Å². The number of carboxylic acid groups (broad SMARTS) is 1. The predicted octanol–water partition coefficient (Wildman–Crippen LogP) is 3.78. The van der Waals surface area contributed by atoms with Crippen LogP contribution in [-0.2, 0) is 9.53 Å². The molecule has 4 aliphatic carbocycles. The molecule has 3 fully saturated rings. The van der Waals surface area contributed by atoms with Gasteiger partial charge in [0, 0.05) is 0 Å². The first-order valence-electron chi connectivity index (χ1n) is 10.1. The van der Waals surface area contributed by atoms with Crippen LogP contribution in [0, 0.1) is 28.6 Å². The second-order valence-electron chi connectivity index (χ2n) is 9.44. The third kappa shape index (κ3) is 2.68. The maximum absolute atomic E-state index is 10.8. The molecule has 3 saturated carbocycles. The number of aliphatic carboxylic acids is 1. The number of aliphatic hydroxyl groups is 1. The standard InChI is InChI=1S/C21H32O4/c1-20-9-7-14(25-12-19(23)24)11-13(20)3-4-15-16-5-6-18(22)21(16,2)10-8-17(15)20/h11,14-18,22H,3-10,12H2,1-2H3,(H,23,24)/t14-,15?,16?,17?,18?,20?,21?/m0/s1. The van der Waals surface area contributed by atoms with Crippen molar-refractivity contribution in [1.29, 1.82) is 0 Å². The van der Waals surface area contributed by atoms with Crippen LogP contribution < -0.4 is 0 Å². The highest BCUT2D eigenvalue weighted by Gasteiger charge is 2.58. The van der Waals surface area contributed by atoms with E-state index in [0.29, 0.717) is 5.92 Å². The average Bonchev–Trinajstić information content (AvgIpc) is 2.88. The summed E-state index contributed by atoms with van der Waals surface area (Å²) >= 11 is 0. The molecule has 0 amide bonds. The van der Waals surface area contributed by atoms with Crippen molar-refractivity contribution in [2.24, 2.45) is 28.6 Å². The Morgan fingerprint density at radius 1 is 1.16 bits per heavy atom. The third-order valence-corrected chi connectivity index (χ3v) is 8.44. The summed E-state index contributed by atoms with van der Waals surface area (Å²) in [6, 6.07) is 0. The maximum Gasteiger partial charge on any atom is 0.329 e. The van der Waals surface area contributed by atoms with Crippen LogP contribution in [0.15, 0.2) is 11.6 Å². The van der Waals surface area contributed by atoms with Gasteiger partial charge in [-0.2, -0.15) is 0 Å². The van der Waals surface area contributed by atoms with Crippen LogP contribution in [0.1, 0.15) is 65.2 Å². The van der Waals surface area contributed by atoms with E-state index >= 15 is 0 Å². The lowest BCUT2D eigenvalue weighted by Crippen LogP contribution is -2.51. The maximum atomic E-state index is 10.8. The van der Waals surface area contributed by atoms with E-state index in [0.717, 1.165) is 43.9 Å². The normalized spacial score (nSPS) is 48.9. The number of rotatable bonds is 3. The molecule has 0 radical (unpaired) electrons. The van der Waals surface area contributed by atoms with E-state index in [4.69, 9.17) is 9.84 Å². The van der Waals surface area contributed by atoms with Crippen molar-refractivity contribution in [2.45, 2.75) is 77.4 Å². The molecule has 0 spiro atoms. The zero-order valence-electron chi connectivity index (χ0n) is 15.5. The number of hydrogen-bond donors (Lipinski definition) is 2. The molecule has 4 nitrogen and oxygen atoms in total. The van der Waals surface area contributed by atoms with Crippen molar-refractivity contribution in [2.75, 3.05) is 6.61 Å². The van der Waals surface area contributed by atoms with Gasteiger partial charge in [-0.05, 0) is 80.0 Å². The van der Waals surface area contributed by atoms with Gasteiger partial charge in [0.25, 0.3) is 0 Å². The van der Waals surface area contributed by atoms with Crippen LogP contribution in [0.5, 0.6) is 0 Å². The minimum atomic E-state index is -0.887. The summed E-state index contributed by atoms with van der Waals surface area (Å²) in [5.41, 5.74) is 1.90. The van der Waals surface area contributed by atoms with Gasteiger partial charge in [-0.1, -0.05) is 25.5 Å². The quantitative estimate of drug-likeness (QED) is 0.762. The first-order chi connectivity index (χ1) is 11.8. The second kappa shape index (κ2) is 6.09. The van der Waals surface area contributed by atoms with Gasteiger partial charge >= 0.3 is 5.97 Å². The van der Waals surface area contributed by atoms with Crippen LogP contribution >= 0.6 is 0 Å². The lowest BCUT2D eigenvalue weighted by molar-refractivity contribution is -0.144. The largest absolute Gasteiger partial charge is 0.480 e. The Morgan fingerprint density at radius 2 is 1.96 bits per heavy atom. The molecule has 4 heteroatoms. The smallest absolute Gasteiger partial charge is 0.329 e. The van der Waals surface area contributed by atoms with Gasteiger partial charge in [-0.3, -0.25) is 0 Å². The minimum Gasteiger partial charge on any atom is -0.480 e. The fraction of sp³-hybridized carbons (Fsp3) is 0.857. The molecule has 140 valence electrons. The first kappa shape index (κ1) is 17.5. The third-order valence-electron chi connectivity index (χ3n) is 8.44. The summed E-state index contributed by atoms with van der Waals surface area (Å²) in [6.07, 6.45) is 11.1. The van der Waals surface area contributed by atoms with Gasteiger partial charge < -0.3 is 14.9 Å². The first-order valence-corrected chi connectivity index (χ1v) is 10.1. The van der Waals surface area contributed by atoms with Crippen LogP contribution in [0.25, 0.3) is 0 Å². The number of aliphatic hydroxyl groups excluding tert-OH is 1. The zero-order chi connectivity index (χ0) is 17.8. The summed E-state index contributed by atoms with van der Waals surface area (Å²) in [5.74, 6) is 1.26. The molecule has 4 rings (SSSR count). The monoisotopic (exact) mass is 348 g/mol. The van der Waals surface area contributed by atoms with E-state index in [1.165, 1.54) is 24.8 Å². The van der Waals surface area contributed by atoms with E-state index in [2.05, 4.69) is 19.9 Å². The SMILES string of the molecule is CC12CC[C@H](OCC(=O)O)C=C1CCC1C2CCC2(C)C(O)CCC12. The van der Waals surface area contributed by atoms with Crippen molar-refractivity contribution in [3.8, 4) is 0 Å². The van der Waals surface area contributed by atoms with Gasteiger partial charge in [0.05, 0.1) is 12.2 Å². The second-order valence-corrected chi connectivity index (χ2v) is 9.44. The number of hydrogen-bond acceptors (Lipinski definition) is 3. The Balaban J connectivity index is 1.55. The molecule has 25 heavy (non-hydrogen) atoms. The summed E-state index contributed by atoms with van der Waals surface area (Å²) in [7, 11) is 0. The Labute approximate surface area is 150 Å². The fourth-order valence-electron chi connectivity index (χ4n) is 6.98. The Kier molecular flexibility index (Phi) is 4.27. The molecular formula is C21H32O4. The Morgan fingerprint density at radius 3 is 2.72 bits per heavy atom. The van der Waals surface area contributed by atoms with Crippen molar-refractivity contribution < 1.29 is 19.7 Å². The Hall–Kier alpha value is -0.870. The van der Waals surface area contributed by atoms with Crippen LogP contribution in [0.2, 0.25) is 0 Å². The topological polar surface area (TPSA) is 66.8 Å². The average molecular weight is 348 g/mol. The number of ether oxygens (including phenoxy) is 1. The number of carbonyl (C=O) groups is 1. The minimum absolute atomic E-state index is 0.0297.